The lowest BCUT2D eigenvalue weighted by molar-refractivity contribution is -0.116. The quantitative estimate of drug-likeness (QED) is 0.586. The molecule has 0 aromatic carbocycles. The van der Waals surface area contributed by atoms with Gasteiger partial charge in [0.15, 0.2) is 0 Å². The van der Waals surface area contributed by atoms with E-state index in [-0.39, 0.29) is 12.4 Å². The Labute approximate surface area is 124 Å². The molecule has 0 aliphatic rings. The largest absolute Gasteiger partial charge is 0.392 e. The second-order valence-electron chi connectivity index (χ2n) is 5.63. The molecule has 114 valence electrons. The van der Waals surface area contributed by atoms with Gasteiger partial charge in [0.05, 0.1) is 6.61 Å². The molecule has 20 heavy (non-hydrogen) atoms. The zero-order valence-corrected chi connectivity index (χ0v) is 13.5. The topological polar surface area (TPSA) is 37.3 Å². The highest BCUT2D eigenvalue weighted by molar-refractivity contribution is 5.75. The van der Waals surface area contributed by atoms with Gasteiger partial charge in [0.2, 0.25) is 0 Å². The van der Waals surface area contributed by atoms with Gasteiger partial charge in [-0.3, -0.25) is 0 Å². The van der Waals surface area contributed by atoms with E-state index >= 15 is 0 Å². The van der Waals surface area contributed by atoms with Crippen LogP contribution >= 0.6 is 0 Å². The van der Waals surface area contributed by atoms with Crippen LogP contribution in [0.5, 0.6) is 0 Å². The van der Waals surface area contributed by atoms with E-state index in [1.807, 2.05) is 6.92 Å². The summed E-state index contributed by atoms with van der Waals surface area (Å²) in [6.07, 6.45) is 12.3. The molecule has 2 nitrogen and oxygen atoms in total. The Morgan fingerprint density at radius 1 is 0.750 bits per heavy atom. The van der Waals surface area contributed by atoms with Crippen molar-refractivity contribution in [3.8, 4) is 0 Å². The van der Waals surface area contributed by atoms with Gasteiger partial charge in [0.1, 0.15) is 5.78 Å². The van der Waals surface area contributed by atoms with Crippen LogP contribution in [0.25, 0.3) is 0 Å². The number of allylic oxidation sites excluding steroid dienone is 5. The van der Waals surface area contributed by atoms with E-state index in [1.54, 1.807) is 6.92 Å². The highest BCUT2D eigenvalue weighted by Gasteiger charge is 1.94. The van der Waals surface area contributed by atoms with Crippen molar-refractivity contribution in [1.82, 2.24) is 0 Å². The van der Waals surface area contributed by atoms with Crippen molar-refractivity contribution < 1.29 is 9.90 Å². The van der Waals surface area contributed by atoms with Crippen molar-refractivity contribution in [1.29, 1.82) is 0 Å². The lowest BCUT2D eigenvalue weighted by atomic mass is 10.1. The van der Waals surface area contributed by atoms with Crippen molar-refractivity contribution in [2.75, 3.05) is 6.61 Å². The van der Waals surface area contributed by atoms with Gasteiger partial charge in [-0.25, -0.2) is 0 Å². The fourth-order valence-corrected chi connectivity index (χ4v) is 1.88. The minimum absolute atomic E-state index is 0.160. The molecule has 0 bridgehead atoms. The first kappa shape index (κ1) is 18.9. The Balaban J connectivity index is 3.89. The Morgan fingerprint density at radius 3 is 1.55 bits per heavy atom. The van der Waals surface area contributed by atoms with Crippen LogP contribution in [0.3, 0.4) is 0 Å². The fourth-order valence-electron chi connectivity index (χ4n) is 1.88. The number of ketones is 1. The minimum Gasteiger partial charge on any atom is -0.392 e. The molecule has 0 unspecified atom stereocenters. The molecule has 0 spiro atoms. The van der Waals surface area contributed by atoms with Crippen molar-refractivity contribution in [3.63, 3.8) is 0 Å². The molecular formula is C18H30O2. The van der Waals surface area contributed by atoms with Crippen LogP contribution in [-0.2, 0) is 4.79 Å². The number of hydrogen-bond donors (Lipinski definition) is 1. The van der Waals surface area contributed by atoms with Crippen LogP contribution in [0.2, 0.25) is 0 Å². The summed E-state index contributed by atoms with van der Waals surface area (Å²) in [6.45, 7) is 8.05. The van der Waals surface area contributed by atoms with Crippen molar-refractivity contribution in [3.05, 3.63) is 34.9 Å². The molecule has 0 aliphatic heterocycles. The first-order valence-electron chi connectivity index (χ1n) is 7.53. The third-order valence-electron chi connectivity index (χ3n) is 3.30. The number of carbonyl (C=O) groups is 1. The zero-order chi connectivity index (χ0) is 15.4. The number of aliphatic hydroxyl groups excluding tert-OH is 1. The number of aliphatic hydroxyl groups is 1. The van der Waals surface area contributed by atoms with Crippen molar-refractivity contribution in [2.45, 2.75) is 66.2 Å². The lowest BCUT2D eigenvalue weighted by Gasteiger charge is -2.01. The molecule has 0 saturated heterocycles. The van der Waals surface area contributed by atoms with Crippen molar-refractivity contribution in [2.24, 2.45) is 0 Å². The van der Waals surface area contributed by atoms with Crippen LogP contribution in [0.4, 0.5) is 0 Å². The molecule has 1 N–H and O–H groups in total. The first-order chi connectivity index (χ1) is 9.45. The maximum Gasteiger partial charge on any atom is 0.130 e. The minimum atomic E-state index is 0.160. The van der Waals surface area contributed by atoms with Crippen LogP contribution in [-0.4, -0.2) is 17.5 Å². The average molecular weight is 278 g/mol. The summed E-state index contributed by atoms with van der Waals surface area (Å²) >= 11 is 0. The smallest absolute Gasteiger partial charge is 0.130 e. The van der Waals surface area contributed by atoms with E-state index in [2.05, 4.69) is 32.1 Å². The molecule has 0 fully saturated rings. The summed E-state index contributed by atoms with van der Waals surface area (Å²) in [5.41, 5.74) is 3.82. The van der Waals surface area contributed by atoms with Crippen LogP contribution in [0.15, 0.2) is 34.9 Å². The Bertz CT molecular complexity index is 373. The number of hydrogen-bond acceptors (Lipinski definition) is 2. The third-order valence-corrected chi connectivity index (χ3v) is 3.30. The van der Waals surface area contributed by atoms with E-state index in [0.717, 1.165) is 37.7 Å². The maximum absolute atomic E-state index is 10.8. The summed E-state index contributed by atoms with van der Waals surface area (Å²) in [5.74, 6) is 0.260. The molecule has 0 amide bonds. The van der Waals surface area contributed by atoms with Gasteiger partial charge in [-0.2, -0.15) is 0 Å². The van der Waals surface area contributed by atoms with E-state index < -0.39 is 0 Å². The Hall–Kier alpha value is -1.15. The van der Waals surface area contributed by atoms with Gasteiger partial charge in [-0.15, -0.1) is 0 Å². The Morgan fingerprint density at radius 2 is 1.15 bits per heavy atom. The predicted octanol–water partition coefficient (Wildman–Crippen LogP) is 4.75. The van der Waals surface area contributed by atoms with Gasteiger partial charge in [0, 0.05) is 6.42 Å². The summed E-state index contributed by atoms with van der Waals surface area (Å²) in [5, 5.41) is 8.90. The summed E-state index contributed by atoms with van der Waals surface area (Å²) in [7, 11) is 0. The molecule has 0 aromatic rings. The second kappa shape index (κ2) is 11.7. The van der Waals surface area contributed by atoms with Crippen molar-refractivity contribution >= 4 is 5.78 Å². The van der Waals surface area contributed by atoms with Gasteiger partial charge in [0.25, 0.3) is 0 Å². The molecule has 0 heterocycles. The third kappa shape index (κ3) is 11.9. The lowest BCUT2D eigenvalue weighted by Crippen LogP contribution is -1.87. The molecule has 0 aliphatic carbocycles. The first-order valence-corrected chi connectivity index (χ1v) is 7.53. The van der Waals surface area contributed by atoms with E-state index in [0.29, 0.717) is 6.42 Å². The SMILES string of the molecule is CC(=O)CCC=C(C)CCC=C(C)CCC=C(C)CO. The summed E-state index contributed by atoms with van der Waals surface area (Å²) in [6, 6.07) is 0. The highest BCUT2D eigenvalue weighted by atomic mass is 16.3. The van der Waals surface area contributed by atoms with Crippen LogP contribution in [0.1, 0.15) is 66.2 Å². The monoisotopic (exact) mass is 278 g/mol. The summed E-state index contributed by atoms with van der Waals surface area (Å²) < 4.78 is 0. The Kier molecular flexibility index (Phi) is 11.0. The zero-order valence-electron chi connectivity index (χ0n) is 13.5. The molecule has 0 radical (unpaired) electrons. The number of rotatable bonds is 10. The fraction of sp³-hybridized carbons (Fsp3) is 0.611. The average Bonchev–Trinajstić information content (AvgIpc) is 2.38. The van der Waals surface area contributed by atoms with Crippen LogP contribution < -0.4 is 0 Å². The van der Waals surface area contributed by atoms with Gasteiger partial charge >= 0.3 is 0 Å². The summed E-state index contributed by atoms with van der Waals surface area (Å²) in [4.78, 5) is 10.8. The van der Waals surface area contributed by atoms with Gasteiger partial charge < -0.3 is 9.90 Å². The number of carbonyl (C=O) groups excluding carboxylic acids is 1. The molecule has 0 rings (SSSR count). The van der Waals surface area contributed by atoms with Gasteiger partial charge in [-0.05, 0) is 59.8 Å². The molecule has 0 saturated carbocycles. The standard InChI is InChI=1S/C18H30O2/c1-15(10-6-12-17(3)14-19)8-5-9-16(2)11-7-13-18(4)20/h8,11-12,19H,5-7,9-10,13-14H2,1-4H3. The number of Topliss-reactive ketones (excluding diaryl/α,β-unsaturated/α-hetero) is 1. The molecule has 0 aromatic heterocycles. The normalized spacial score (nSPS) is 13.8. The predicted molar refractivity (Wildman–Crippen MR) is 86.7 cm³/mol. The molecule has 2 heteroatoms. The molecular weight excluding hydrogens is 248 g/mol. The maximum atomic E-state index is 10.8. The molecule has 0 atom stereocenters. The second-order valence-corrected chi connectivity index (χ2v) is 5.63. The van der Waals surface area contributed by atoms with E-state index in [4.69, 9.17) is 5.11 Å². The van der Waals surface area contributed by atoms with E-state index in [9.17, 15) is 4.79 Å². The highest BCUT2D eigenvalue weighted by Crippen LogP contribution is 2.12. The van der Waals surface area contributed by atoms with Gasteiger partial charge in [-0.1, -0.05) is 34.9 Å². The van der Waals surface area contributed by atoms with Crippen LogP contribution in [0, 0.1) is 0 Å². The van der Waals surface area contributed by atoms with E-state index in [1.165, 1.54) is 11.1 Å².